The molecule has 120 valence electrons. The van der Waals surface area contributed by atoms with E-state index in [2.05, 4.69) is 11.1 Å². The van der Waals surface area contributed by atoms with Crippen LogP contribution in [0.25, 0.3) is 27.8 Å². The molecule has 25 heavy (non-hydrogen) atoms. The third-order valence-electron chi connectivity index (χ3n) is 4.05. The number of imidazole rings is 1. The van der Waals surface area contributed by atoms with Gasteiger partial charge in [0.05, 0.1) is 28.2 Å². The molecule has 0 fully saturated rings. The number of fused-ring (bicyclic) bond motifs is 1. The van der Waals surface area contributed by atoms with Crippen LogP contribution in [0.4, 0.5) is 8.78 Å². The SMILES string of the molecule is N#Cc1ccc2c(c1)ncn2-c1cccc(-c2c(F)cccc2F)c1. The van der Waals surface area contributed by atoms with Gasteiger partial charge in [0.1, 0.15) is 18.0 Å². The summed E-state index contributed by atoms with van der Waals surface area (Å²) < 4.78 is 29.9. The van der Waals surface area contributed by atoms with E-state index in [1.54, 1.807) is 42.7 Å². The summed E-state index contributed by atoms with van der Waals surface area (Å²) >= 11 is 0. The molecule has 5 heteroatoms. The van der Waals surface area contributed by atoms with Crippen LogP contribution in [0.5, 0.6) is 0 Å². The molecule has 0 N–H and O–H groups in total. The van der Waals surface area contributed by atoms with Crippen molar-refractivity contribution in [1.82, 2.24) is 9.55 Å². The van der Waals surface area contributed by atoms with E-state index in [1.165, 1.54) is 18.2 Å². The Balaban J connectivity index is 1.87. The van der Waals surface area contributed by atoms with Gasteiger partial charge in [-0.05, 0) is 48.0 Å². The molecule has 0 saturated carbocycles. The van der Waals surface area contributed by atoms with Crippen LogP contribution in [0.1, 0.15) is 5.56 Å². The molecule has 0 amide bonds. The normalized spacial score (nSPS) is 10.8. The first-order valence-corrected chi connectivity index (χ1v) is 7.59. The standard InChI is InChI=1S/C20H11F2N3/c21-16-5-2-6-17(22)20(16)14-3-1-4-15(10-14)25-12-24-18-9-13(11-23)7-8-19(18)25/h1-10,12H. The molecule has 0 unspecified atom stereocenters. The summed E-state index contributed by atoms with van der Waals surface area (Å²) in [5.74, 6) is -1.21. The highest BCUT2D eigenvalue weighted by Gasteiger charge is 2.12. The van der Waals surface area contributed by atoms with Crippen LogP contribution in [0.2, 0.25) is 0 Å². The van der Waals surface area contributed by atoms with Gasteiger partial charge in [0.15, 0.2) is 0 Å². The Morgan fingerprint density at radius 3 is 2.44 bits per heavy atom. The molecule has 0 spiro atoms. The Kier molecular flexibility index (Phi) is 3.51. The predicted molar refractivity (Wildman–Crippen MR) is 91.1 cm³/mol. The molecular formula is C20H11F2N3. The number of hydrogen-bond donors (Lipinski definition) is 0. The summed E-state index contributed by atoms with van der Waals surface area (Å²) in [5, 5.41) is 8.98. The topological polar surface area (TPSA) is 41.6 Å². The monoisotopic (exact) mass is 331 g/mol. The van der Waals surface area contributed by atoms with Crippen molar-refractivity contribution >= 4 is 11.0 Å². The molecule has 0 bridgehead atoms. The lowest BCUT2D eigenvalue weighted by molar-refractivity contribution is 0.589. The van der Waals surface area contributed by atoms with Crippen molar-refractivity contribution in [3.05, 3.63) is 84.2 Å². The second kappa shape index (κ2) is 5.84. The van der Waals surface area contributed by atoms with Gasteiger partial charge in [0, 0.05) is 5.69 Å². The number of rotatable bonds is 2. The van der Waals surface area contributed by atoms with E-state index >= 15 is 0 Å². The summed E-state index contributed by atoms with van der Waals surface area (Å²) in [5.41, 5.74) is 3.14. The van der Waals surface area contributed by atoms with E-state index in [0.29, 0.717) is 16.6 Å². The van der Waals surface area contributed by atoms with Crippen molar-refractivity contribution < 1.29 is 8.78 Å². The van der Waals surface area contributed by atoms with Gasteiger partial charge in [0.2, 0.25) is 0 Å². The first-order chi connectivity index (χ1) is 12.2. The molecule has 1 heterocycles. The van der Waals surface area contributed by atoms with Crippen molar-refractivity contribution in [3.8, 4) is 22.9 Å². The van der Waals surface area contributed by atoms with Gasteiger partial charge in [-0.1, -0.05) is 18.2 Å². The maximum atomic E-state index is 14.1. The molecule has 0 aliphatic heterocycles. The lowest BCUT2D eigenvalue weighted by atomic mass is 10.0. The Hall–Kier alpha value is -3.52. The van der Waals surface area contributed by atoms with Gasteiger partial charge >= 0.3 is 0 Å². The minimum absolute atomic E-state index is 0.0551. The summed E-state index contributed by atoms with van der Waals surface area (Å²) in [4.78, 5) is 4.30. The van der Waals surface area contributed by atoms with Gasteiger partial charge < -0.3 is 0 Å². The average Bonchev–Trinajstić information content (AvgIpc) is 3.05. The molecule has 1 aromatic heterocycles. The molecule has 4 aromatic rings. The van der Waals surface area contributed by atoms with Crippen LogP contribution in [0, 0.1) is 23.0 Å². The van der Waals surface area contributed by atoms with Crippen LogP contribution >= 0.6 is 0 Å². The van der Waals surface area contributed by atoms with Gasteiger partial charge in [-0.25, -0.2) is 13.8 Å². The number of benzene rings is 3. The molecule has 3 aromatic carbocycles. The highest BCUT2D eigenvalue weighted by molar-refractivity contribution is 5.79. The lowest BCUT2D eigenvalue weighted by Gasteiger charge is -2.09. The second-order valence-corrected chi connectivity index (χ2v) is 5.58. The number of hydrogen-bond acceptors (Lipinski definition) is 2. The maximum Gasteiger partial charge on any atom is 0.133 e. The predicted octanol–water partition coefficient (Wildman–Crippen LogP) is 4.84. The first kappa shape index (κ1) is 15.0. The van der Waals surface area contributed by atoms with Crippen molar-refractivity contribution in [2.75, 3.05) is 0 Å². The van der Waals surface area contributed by atoms with Gasteiger partial charge in [0.25, 0.3) is 0 Å². The van der Waals surface area contributed by atoms with Crippen LogP contribution < -0.4 is 0 Å². The quantitative estimate of drug-likeness (QED) is 0.527. The molecule has 0 aliphatic carbocycles. The van der Waals surface area contributed by atoms with Crippen molar-refractivity contribution in [3.63, 3.8) is 0 Å². The van der Waals surface area contributed by atoms with Crippen LogP contribution in [0.15, 0.2) is 67.0 Å². The molecule has 0 saturated heterocycles. The minimum atomic E-state index is -0.605. The van der Waals surface area contributed by atoms with Crippen molar-refractivity contribution in [1.29, 1.82) is 5.26 Å². The molecule has 4 rings (SSSR count). The minimum Gasteiger partial charge on any atom is -0.299 e. The molecule has 0 atom stereocenters. The van der Waals surface area contributed by atoms with Crippen molar-refractivity contribution in [2.45, 2.75) is 0 Å². The molecule has 0 radical (unpaired) electrons. The largest absolute Gasteiger partial charge is 0.299 e. The Labute approximate surface area is 142 Å². The summed E-state index contributed by atoms with van der Waals surface area (Å²) in [7, 11) is 0. The molecular weight excluding hydrogens is 320 g/mol. The summed E-state index contributed by atoms with van der Waals surface area (Å²) in [6.45, 7) is 0. The number of nitrogens with zero attached hydrogens (tertiary/aromatic N) is 3. The summed E-state index contributed by atoms with van der Waals surface area (Å²) in [6, 6.07) is 18.1. The highest BCUT2D eigenvalue weighted by atomic mass is 19.1. The van der Waals surface area contributed by atoms with E-state index in [-0.39, 0.29) is 5.56 Å². The second-order valence-electron chi connectivity index (χ2n) is 5.58. The fourth-order valence-electron chi connectivity index (χ4n) is 2.87. The fraction of sp³-hybridized carbons (Fsp3) is 0. The number of nitriles is 1. The Bertz CT molecular complexity index is 1120. The fourth-order valence-corrected chi connectivity index (χ4v) is 2.87. The summed E-state index contributed by atoms with van der Waals surface area (Å²) in [6.07, 6.45) is 1.63. The van der Waals surface area contributed by atoms with Gasteiger partial charge in [-0.2, -0.15) is 5.26 Å². The molecule has 0 aliphatic rings. The number of halogens is 2. The third-order valence-corrected chi connectivity index (χ3v) is 4.05. The van der Waals surface area contributed by atoms with Crippen LogP contribution in [-0.2, 0) is 0 Å². The lowest BCUT2D eigenvalue weighted by Crippen LogP contribution is -1.94. The average molecular weight is 331 g/mol. The zero-order valence-electron chi connectivity index (χ0n) is 12.9. The van der Waals surface area contributed by atoms with Crippen LogP contribution in [0.3, 0.4) is 0 Å². The zero-order valence-corrected chi connectivity index (χ0v) is 12.9. The van der Waals surface area contributed by atoms with Crippen LogP contribution in [-0.4, -0.2) is 9.55 Å². The van der Waals surface area contributed by atoms with Crippen molar-refractivity contribution in [2.24, 2.45) is 0 Å². The molecule has 3 nitrogen and oxygen atoms in total. The third kappa shape index (κ3) is 2.54. The Morgan fingerprint density at radius 2 is 1.68 bits per heavy atom. The number of aromatic nitrogens is 2. The van der Waals surface area contributed by atoms with E-state index in [0.717, 1.165) is 11.2 Å². The smallest absolute Gasteiger partial charge is 0.133 e. The van der Waals surface area contributed by atoms with Gasteiger partial charge in [-0.3, -0.25) is 4.57 Å². The van der Waals surface area contributed by atoms with E-state index in [4.69, 9.17) is 5.26 Å². The maximum absolute atomic E-state index is 14.1. The first-order valence-electron chi connectivity index (χ1n) is 7.59. The van der Waals surface area contributed by atoms with E-state index in [9.17, 15) is 8.78 Å². The highest BCUT2D eigenvalue weighted by Crippen LogP contribution is 2.28. The van der Waals surface area contributed by atoms with E-state index < -0.39 is 11.6 Å². The zero-order chi connectivity index (χ0) is 17.4. The van der Waals surface area contributed by atoms with Gasteiger partial charge in [-0.15, -0.1) is 0 Å². The Morgan fingerprint density at radius 1 is 0.920 bits per heavy atom. The van der Waals surface area contributed by atoms with E-state index in [1.807, 2.05) is 10.6 Å².